The van der Waals surface area contributed by atoms with E-state index >= 15 is 0 Å². The first kappa shape index (κ1) is 19.1. The molecule has 0 aliphatic heterocycles. The van der Waals surface area contributed by atoms with Gasteiger partial charge in [0.25, 0.3) is 5.91 Å². The molecule has 1 rings (SSSR count). The molecule has 0 aliphatic carbocycles. The molecule has 0 atom stereocenters. The summed E-state index contributed by atoms with van der Waals surface area (Å²) in [6.45, 7) is 0.159. The Kier molecular flexibility index (Phi) is 8.94. The molecule has 0 saturated heterocycles. The van der Waals surface area contributed by atoms with Gasteiger partial charge in [0.1, 0.15) is 0 Å². The molecule has 0 saturated carbocycles. The first-order valence-electron chi connectivity index (χ1n) is 7.92. The van der Waals surface area contributed by atoms with Crippen LogP contribution in [-0.2, 0) is 18.0 Å². The maximum Gasteiger partial charge on any atom is 0.303 e. The number of carbonyl (C=O) groups is 2. The van der Waals surface area contributed by atoms with Gasteiger partial charge in [0.15, 0.2) is 0 Å². The molecule has 0 spiro atoms. The van der Waals surface area contributed by atoms with E-state index in [1.807, 2.05) is 0 Å². The van der Waals surface area contributed by atoms with Crippen LogP contribution < -0.4 is 5.32 Å². The Bertz CT molecular complexity index is 516. The zero-order valence-corrected chi connectivity index (χ0v) is 13.3. The molecule has 128 valence electrons. The van der Waals surface area contributed by atoms with Crippen molar-refractivity contribution in [1.29, 1.82) is 0 Å². The van der Waals surface area contributed by atoms with Crippen molar-refractivity contribution in [3.8, 4) is 0 Å². The fourth-order valence-corrected chi connectivity index (χ4v) is 2.30. The number of unbranched alkanes of at least 4 members (excludes halogenated alkanes) is 4. The Balaban J connectivity index is 2.30. The van der Waals surface area contributed by atoms with Crippen molar-refractivity contribution in [2.24, 2.45) is 0 Å². The van der Waals surface area contributed by atoms with Crippen molar-refractivity contribution in [2.45, 2.75) is 51.7 Å². The van der Waals surface area contributed by atoms with Gasteiger partial charge in [-0.05, 0) is 30.0 Å². The van der Waals surface area contributed by atoms with Crippen LogP contribution in [0.4, 0.5) is 0 Å². The molecule has 0 bridgehead atoms. The molecule has 6 nitrogen and oxygen atoms in total. The number of amides is 1. The van der Waals surface area contributed by atoms with Crippen molar-refractivity contribution in [3.05, 3.63) is 34.9 Å². The van der Waals surface area contributed by atoms with Crippen molar-refractivity contribution >= 4 is 11.9 Å². The summed E-state index contributed by atoms with van der Waals surface area (Å²) in [5, 5.41) is 29.7. The lowest BCUT2D eigenvalue weighted by molar-refractivity contribution is -0.137. The van der Waals surface area contributed by atoms with Gasteiger partial charge in [0, 0.05) is 18.5 Å². The number of aliphatic hydroxyl groups excluding tert-OH is 2. The van der Waals surface area contributed by atoms with Gasteiger partial charge in [-0.15, -0.1) is 0 Å². The van der Waals surface area contributed by atoms with Crippen LogP contribution in [0, 0.1) is 0 Å². The number of carbonyl (C=O) groups excluding carboxylic acids is 1. The molecule has 6 heteroatoms. The maximum absolute atomic E-state index is 12.1. The van der Waals surface area contributed by atoms with E-state index in [1.165, 1.54) is 0 Å². The normalized spacial score (nSPS) is 10.5. The van der Waals surface area contributed by atoms with Gasteiger partial charge in [-0.3, -0.25) is 9.59 Å². The Morgan fingerprint density at radius 1 is 0.957 bits per heavy atom. The predicted octanol–water partition coefficient (Wildman–Crippen LogP) is 1.83. The van der Waals surface area contributed by atoms with Crippen LogP contribution in [0.25, 0.3) is 0 Å². The van der Waals surface area contributed by atoms with E-state index in [1.54, 1.807) is 18.2 Å². The average molecular weight is 323 g/mol. The predicted molar refractivity (Wildman–Crippen MR) is 86.0 cm³/mol. The van der Waals surface area contributed by atoms with Crippen molar-refractivity contribution in [2.75, 3.05) is 6.54 Å². The molecule has 4 N–H and O–H groups in total. The second-order valence-corrected chi connectivity index (χ2v) is 5.48. The SMILES string of the molecule is O=C(O)CCCCCCCNC(=O)c1cc(CO)ccc1CO. The van der Waals surface area contributed by atoms with Crippen LogP contribution in [0.2, 0.25) is 0 Å². The molecule has 0 fully saturated rings. The van der Waals surface area contributed by atoms with E-state index in [4.69, 9.17) is 10.2 Å². The summed E-state index contributed by atoms with van der Waals surface area (Å²) in [4.78, 5) is 22.5. The summed E-state index contributed by atoms with van der Waals surface area (Å²) in [6.07, 6.45) is 4.49. The molecule has 1 amide bonds. The maximum atomic E-state index is 12.1. The van der Waals surface area contributed by atoms with Crippen molar-refractivity contribution < 1.29 is 24.9 Å². The summed E-state index contributed by atoms with van der Waals surface area (Å²) < 4.78 is 0. The average Bonchev–Trinajstić information content (AvgIpc) is 2.56. The highest BCUT2D eigenvalue weighted by Crippen LogP contribution is 2.13. The fourth-order valence-electron chi connectivity index (χ4n) is 2.30. The van der Waals surface area contributed by atoms with E-state index < -0.39 is 5.97 Å². The number of aliphatic hydroxyl groups is 2. The highest BCUT2D eigenvalue weighted by molar-refractivity contribution is 5.95. The third-order valence-electron chi connectivity index (χ3n) is 3.62. The number of aliphatic carboxylic acids is 1. The number of nitrogens with one attached hydrogen (secondary N) is 1. The van der Waals surface area contributed by atoms with E-state index in [9.17, 15) is 14.7 Å². The largest absolute Gasteiger partial charge is 0.481 e. The lowest BCUT2D eigenvalue weighted by atomic mass is 10.0. The highest BCUT2D eigenvalue weighted by Gasteiger charge is 2.11. The minimum Gasteiger partial charge on any atom is -0.481 e. The van der Waals surface area contributed by atoms with E-state index in [-0.39, 0.29) is 25.5 Å². The Morgan fingerprint density at radius 2 is 1.65 bits per heavy atom. The second kappa shape index (κ2) is 10.7. The Hall–Kier alpha value is -1.92. The topological polar surface area (TPSA) is 107 Å². The Morgan fingerprint density at radius 3 is 2.30 bits per heavy atom. The summed E-state index contributed by atoms with van der Waals surface area (Å²) in [6, 6.07) is 4.91. The van der Waals surface area contributed by atoms with Crippen molar-refractivity contribution in [3.63, 3.8) is 0 Å². The van der Waals surface area contributed by atoms with Gasteiger partial charge in [-0.1, -0.05) is 31.4 Å². The summed E-state index contributed by atoms with van der Waals surface area (Å²) >= 11 is 0. The van der Waals surface area contributed by atoms with E-state index in [0.29, 0.717) is 29.7 Å². The van der Waals surface area contributed by atoms with Crippen LogP contribution in [0.3, 0.4) is 0 Å². The molecule has 0 aromatic heterocycles. The standard InChI is InChI=1S/C17H25NO5/c19-11-13-7-8-14(12-20)15(10-13)17(23)18-9-5-3-1-2-4-6-16(21)22/h7-8,10,19-20H,1-6,9,11-12H2,(H,18,23)(H,21,22). The summed E-state index contributed by atoms with van der Waals surface area (Å²) in [5.74, 6) is -1.02. The van der Waals surface area contributed by atoms with Gasteiger partial charge in [0.05, 0.1) is 13.2 Å². The third kappa shape index (κ3) is 7.25. The van der Waals surface area contributed by atoms with Gasteiger partial charge in [-0.25, -0.2) is 0 Å². The van der Waals surface area contributed by atoms with Crippen LogP contribution >= 0.6 is 0 Å². The fraction of sp³-hybridized carbons (Fsp3) is 0.529. The first-order chi connectivity index (χ1) is 11.1. The molecule has 1 aromatic carbocycles. The highest BCUT2D eigenvalue weighted by atomic mass is 16.4. The second-order valence-electron chi connectivity index (χ2n) is 5.48. The van der Waals surface area contributed by atoms with Gasteiger partial charge >= 0.3 is 5.97 Å². The zero-order chi connectivity index (χ0) is 17.1. The quantitative estimate of drug-likeness (QED) is 0.465. The van der Waals surface area contributed by atoms with Crippen molar-refractivity contribution in [1.82, 2.24) is 5.32 Å². The lowest BCUT2D eigenvalue weighted by Crippen LogP contribution is -2.25. The van der Waals surface area contributed by atoms with Crippen LogP contribution in [0.5, 0.6) is 0 Å². The third-order valence-corrected chi connectivity index (χ3v) is 3.62. The number of carboxylic acids is 1. The number of hydrogen-bond acceptors (Lipinski definition) is 4. The molecule has 0 radical (unpaired) electrons. The molecular weight excluding hydrogens is 298 g/mol. The number of rotatable bonds is 11. The number of carboxylic acid groups (broad SMARTS) is 1. The molecule has 1 aromatic rings. The van der Waals surface area contributed by atoms with E-state index in [0.717, 1.165) is 25.7 Å². The minimum atomic E-state index is -0.762. The smallest absolute Gasteiger partial charge is 0.303 e. The summed E-state index contributed by atoms with van der Waals surface area (Å²) in [7, 11) is 0. The monoisotopic (exact) mass is 323 g/mol. The van der Waals surface area contributed by atoms with Crippen LogP contribution in [-0.4, -0.2) is 33.7 Å². The minimum absolute atomic E-state index is 0.150. The first-order valence-corrected chi connectivity index (χ1v) is 7.92. The van der Waals surface area contributed by atoms with E-state index in [2.05, 4.69) is 5.32 Å². The molecule has 0 aliphatic rings. The van der Waals surface area contributed by atoms with Gasteiger partial charge in [0.2, 0.25) is 0 Å². The lowest BCUT2D eigenvalue weighted by Gasteiger charge is -2.10. The van der Waals surface area contributed by atoms with Crippen LogP contribution in [0.1, 0.15) is 60.0 Å². The van der Waals surface area contributed by atoms with Gasteiger partial charge < -0.3 is 20.6 Å². The van der Waals surface area contributed by atoms with Crippen LogP contribution in [0.15, 0.2) is 18.2 Å². The zero-order valence-electron chi connectivity index (χ0n) is 13.3. The van der Waals surface area contributed by atoms with Gasteiger partial charge in [-0.2, -0.15) is 0 Å². The molecular formula is C17H25NO5. The Labute approximate surface area is 136 Å². The molecule has 0 heterocycles. The number of benzene rings is 1. The summed E-state index contributed by atoms with van der Waals surface area (Å²) in [5.41, 5.74) is 1.56. The molecule has 23 heavy (non-hydrogen) atoms. The number of hydrogen-bond donors (Lipinski definition) is 4. The molecule has 0 unspecified atom stereocenters.